The van der Waals surface area contributed by atoms with E-state index in [0.29, 0.717) is 0 Å². The Bertz CT molecular complexity index is 659. The lowest BCUT2D eigenvalue weighted by atomic mass is 10.1. The SMILES string of the molecule is Fc1ccc(-c2ccc(Cc3ccccc3)s2)cn1. The smallest absolute Gasteiger partial charge is 0.212 e. The van der Waals surface area contributed by atoms with Crippen molar-refractivity contribution in [3.8, 4) is 10.4 Å². The molecule has 94 valence electrons. The number of nitrogens with zero attached hydrogens (tertiary/aromatic N) is 1. The van der Waals surface area contributed by atoms with Crippen molar-refractivity contribution in [3.63, 3.8) is 0 Å². The normalized spacial score (nSPS) is 10.6. The molecule has 0 spiro atoms. The van der Waals surface area contributed by atoms with E-state index in [1.165, 1.54) is 16.5 Å². The lowest BCUT2D eigenvalue weighted by Gasteiger charge is -1.98. The zero-order valence-electron chi connectivity index (χ0n) is 10.2. The summed E-state index contributed by atoms with van der Waals surface area (Å²) in [6.07, 6.45) is 2.51. The monoisotopic (exact) mass is 269 g/mol. The Kier molecular flexibility index (Phi) is 3.38. The zero-order chi connectivity index (χ0) is 13.1. The van der Waals surface area contributed by atoms with Gasteiger partial charge in [0.15, 0.2) is 0 Å². The Hall–Kier alpha value is -2.00. The van der Waals surface area contributed by atoms with Crippen molar-refractivity contribution in [2.75, 3.05) is 0 Å². The Morgan fingerprint density at radius 2 is 1.79 bits per heavy atom. The van der Waals surface area contributed by atoms with E-state index in [4.69, 9.17) is 0 Å². The van der Waals surface area contributed by atoms with Gasteiger partial charge in [0.05, 0.1) is 0 Å². The summed E-state index contributed by atoms with van der Waals surface area (Å²) in [7, 11) is 0. The van der Waals surface area contributed by atoms with Crippen molar-refractivity contribution >= 4 is 11.3 Å². The molecule has 1 nitrogen and oxygen atoms in total. The topological polar surface area (TPSA) is 12.9 Å². The first-order valence-electron chi connectivity index (χ1n) is 6.06. The van der Waals surface area contributed by atoms with E-state index in [0.717, 1.165) is 16.9 Å². The number of rotatable bonds is 3. The molecular weight excluding hydrogens is 257 g/mol. The van der Waals surface area contributed by atoms with Crippen LogP contribution in [0.4, 0.5) is 4.39 Å². The molecule has 0 amide bonds. The van der Waals surface area contributed by atoms with Crippen LogP contribution in [-0.4, -0.2) is 4.98 Å². The number of pyridine rings is 1. The fourth-order valence-corrected chi connectivity index (χ4v) is 2.98. The fraction of sp³-hybridized carbons (Fsp3) is 0.0625. The van der Waals surface area contributed by atoms with Gasteiger partial charge in [0, 0.05) is 27.9 Å². The quantitative estimate of drug-likeness (QED) is 0.636. The first kappa shape index (κ1) is 12.1. The molecule has 3 rings (SSSR count). The molecule has 0 aliphatic heterocycles. The van der Waals surface area contributed by atoms with Gasteiger partial charge < -0.3 is 0 Å². The molecule has 0 atom stereocenters. The Morgan fingerprint density at radius 1 is 0.947 bits per heavy atom. The van der Waals surface area contributed by atoms with Gasteiger partial charge in [0.1, 0.15) is 0 Å². The van der Waals surface area contributed by atoms with E-state index >= 15 is 0 Å². The third-order valence-corrected chi connectivity index (χ3v) is 4.03. The minimum Gasteiger partial charge on any atom is -0.228 e. The molecule has 3 aromatic rings. The molecule has 19 heavy (non-hydrogen) atoms. The van der Waals surface area contributed by atoms with E-state index in [1.807, 2.05) is 18.2 Å². The first-order valence-corrected chi connectivity index (χ1v) is 6.87. The van der Waals surface area contributed by atoms with Gasteiger partial charge >= 0.3 is 0 Å². The fourth-order valence-electron chi connectivity index (χ4n) is 1.95. The van der Waals surface area contributed by atoms with Crippen LogP contribution in [0.2, 0.25) is 0 Å². The number of halogens is 1. The maximum Gasteiger partial charge on any atom is 0.212 e. The average molecular weight is 269 g/mol. The molecule has 2 aromatic heterocycles. The van der Waals surface area contributed by atoms with E-state index in [1.54, 1.807) is 23.6 Å². The molecule has 0 N–H and O–H groups in total. The van der Waals surface area contributed by atoms with Crippen LogP contribution in [0.25, 0.3) is 10.4 Å². The highest BCUT2D eigenvalue weighted by Gasteiger charge is 2.04. The van der Waals surface area contributed by atoms with Crippen molar-refractivity contribution in [2.24, 2.45) is 0 Å². The molecule has 2 heterocycles. The summed E-state index contributed by atoms with van der Waals surface area (Å²) in [5.41, 5.74) is 2.26. The molecule has 0 radical (unpaired) electrons. The predicted octanol–water partition coefficient (Wildman–Crippen LogP) is 4.54. The molecule has 0 unspecified atom stereocenters. The second-order valence-electron chi connectivity index (χ2n) is 4.30. The molecule has 0 saturated heterocycles. The second kappa shape index (κ2) is 5.33. The lowest BCUT2D eigenvalue weighted by molar-refractivity contribution is 0.584. The summed E-state index contributed by atoms with van der Waals surface area (Å²) in [5, 5.41) is 0. The molecule has 1 aromatic carbocycles. The number of aromatic nitrogens is 1. The maximum absolute atomic E-state index is 12.8. The third-order valence-electron chi connectivity index (χ3n) is 2.89. The molecule has 0 aliphatic carbocycles. The van der Waals surface area contributed by atoms with Crippen molar-refractivity contribution in [2.45, 2.75) is 6.42 Å². The van der Waals surface area contributed by atoms with Gasteiger partial charge in [-0.15, -0.1) is 11.3 Å². The highest BCUT2D eigenvalue weighted by atomic mass is 32.1. The summed E-state index contributed by atoms with van der Waals surface area (Å²) >= 11 is 1.72. The van der Waals surface area contributed by atoms with Crippen LogP contribution in [0.1, 0.15) is 10.4 Å². The summed E-state index contributed by atoms with van der Waals surface area (Å²) < 4.78 is 12.8. The van der Waals surface area contributed by atoms with Gasteiger partial charge in [-0.2, -0.15) is 4.39 Å². The van der Waals surface area contributed by atoms with Crippen molar-refractivity contribution in [1.82, 2.24) is 4.98 Å². The maximum atomic E-state index is 12.8. The van der Waals surface area contributed by atoms with Crippen molar-refractivity contribution in [3.05, 3.63) is 77.2 Å². The van der Waals surface area contributed by atoms with Crippen molar-refractivity contribution < 1.29 is 4.39 Å². The van der Waals surface area contributed by atoms with Crippen molar-refractivity contribution in [1.29, 1.82) is 0 Å². The molecule has 0 fully saturated rings. The molecular formula is C16H12FNS. The van der Waals surface area contributed by atoms with Crippen LogP contribution in [0.5, 0.6) is 0 Å². The van der Waals surface area contributed by atoms with Crippen LogP contribution >= 0.6 is 11.3 Å². The average Bonchev–Trinajstić information content (AvgIpc) is 2.89. The van der Waals surface area contributed by atoms with E-state index in [9.17, 15) is 4.39 Å². The number of thiophene rings is 1. The van der Waals surface area contributed by atoms with Gasteiger partial charge in [-0.1, -0.05) is 30.3 Å². The highest BCUT2D eigenvalue weighted by Crippen LogP contribution is 2.28. The highest BCUT2D eigenvalue weighted by molar-refractivity contribution is 7.15. The largest absolute Gasteiger partial charge is 0.228 e. The van der Waals surface area contributed by atoms with Gasteiger partial charge in [0.25, 0.3) is 0 Å². The minimum atomic E-state index is -0.440. The molecule has 0 saturated carbocycles. The van der Waals surface area contributed by atoms with Gasteiger partial charge in [0.2, 0.25) is 5.95 Å². The van der Waals surface area contributed by atoms with Crippen LogP contribution in [-0.2, 0) is 6.42 Å². The summed E-state index contributed by atoms with van der Waals surface area (Å²) in [5.74, 6) is -0.440. The number of hydrogen-bond donors (Lipinski definition) is 0. The van der Waals surface area contributed by atoms with Crippen LogP contribution in [0.3, 0.4) is 0 Å². The van der Waals surface area contributed by atoms with E-state index in [-0.39, 0.29) is 0 Å². The van der Waals surface area contributed by atoms with Gasteiger partial charge in [-0.3, -0.25) is 0 Å². The Labute approximate surface area is 115 Å². The molecule has 3 heteroatoms. The standard InChI is InChI=1S/C16H12FNS/c17-16-9-6-13(11-18-16)15-8-7-14(19-15)10-12-4-2-1-3-5-12/h1-9,11H,10H2. The van der Waals surface area contributed by atoms with Gasteiger partial charge in [-0.05, 0) is 29.8 Å². The summed E-state index contributed by atoms with van der Waals surface area (Å²) in [6.45, 7) is 0. The van der Waals surface area contributed by atoms with Gasteiger partial charge in [-0.25, -0.2) is 4.98 Å². The van der Waals surface area contributed by atoms with E-state index in [2.05, 4.69) is 29.2 Å². The molecule has 0 bridgehead atoms. The lowest BCUT2D eigenvalue weighted by Crippen LogP contribution is -1.82. The molecule has 0 aliphatic rings. The number of hydrogen-bond acceptors (Lipinski definition) is 2. The number of benzene rings is 1. The Morgan fingerprint density at radius 3 is 2.53 bits per heavy atom. The summed E-state index contributed by atoms with van der Waals surface area (Å²) in [6, 6.07) is 17.7. The van der Waals surface area contributed by atoms with Crippen LogP contribution in [0.15, 0.2) is 60.8 Å². The van der Waals surface area contributed by atoms with E-state index < -0.39 is 5.95 Å². The third kappa shape index (κ3) is 2.88. The van der Waals surface area contributed by atoms with Crippen LogP contribution in [0, 0.1) is 5.95 Å². The first-order chi connectivity index (χ1) is 9.31. The van der Waals surface area contributed by atoms with Crippen LogP contribution < -0.4 is 0 Å². The predicted molar refractivity (Wildman–Crippen MR) is 76.8 cm³/mol. The second-order valence-corrected chi connectivity index (χ2v) is 5.47. The minimum absolute atomic E-state index is 0.440. The summed E-state index contributed by atoms with van der Waals surface area (Å²) in [4.78, 5) is 6.11. The zero-order valence-corrected chi connectivity index (χ0v) is 11.0. The Balaban J connectivity index is 1.82.